The quantitative estimate of drug-likeness (QED) is 0.499. The topological polar surface area (TPSA) is 77.3 Å². The summed E-state index contributed by atoms with van der Waals surface area (Å²) < 4.78 is 44.5. The van der Waals surface area contributed by atoms with Crippen molar-refractivity contribution >= 4 is 11.9 Å². The molecule has 0 fully saturated rings. The Bertz CT molecular complexity index is 1120. The number of carbonyl (C=O) groups excluding carboxylic acids is 2. The van der Waals surface area contributed by atoms with E-state index in [1.54, 1.807) is 14.0 Å². The van der Waals surface area contributed by atoms with E-state index in [1.807, 2.05) is 24.3 Å². The number of likely N-dealkylation sites (N-methyl/N-ethyl adjacent to an activating group) is 1. The molecule has 0 aliphatic rings. The Hall–Kier alpha value is -3.69. The third-order valence-electron chi connectivity index (χ3n) is 5.13. The molecule has 0 bridgehead atoms. The van der Waals surface area contributed by atoms with Crippen molar-refractivity contribution in [3.05, 3.63) is 76.7 Å². The average molecular weight is 460 g/mol. The standard InChI is InChI=1S/C23H23F3N4O3/c1-4-16-5-7-17(8-6-16)13-29(3)21(31)14-33-22(32)19-12-28-30(15(19)2)20-10-9-18(11-27-20)23(24,25)26/h5-12H,4,13-14H2,1-3H3. The van der Waals surface area contributed by atoms with E-state index in [2.05, 4.69) is 17.0 Å². The predicted molar refractivity (Wildman–Crippen MR) is 114 cm³/mol. The number of aryl methyl sites for hydroxylation is 1. The van der Waals surface area contributed by atoms with Crippen LogP contribution >= 0.6 is 0 Å². The smallest absolute Gasteiger partial charge is 0.417 e. The van der Waals surface area contributed by atoms with E-state index in [4.69, 9.17) is 4.74 Å². The number of amides is 1. The van der Waals surface area contributed by atoms with Crippen molar-refractivity contribution in [2.24, 2.45) is 0 Å². The number of nitrogens with zero attached hydrogens (tertiary/aromatic N) is 4. The van der Waals surface area contributed by atoms with Gasteiger partial charge in [0.25, 0.3) is 5.91 Å². The lowest BCUT2D eigenvalue weighted by atomic mass is 10.1. The second-order valence-electron chi connectivity index (χ2n) is 7.45. The third-order valence-corrected chi connectivity index (χ3v) is 5.13. The lowest BCUT2D eigenvalue weighted by Crippen LogP contribution is -2.30. The van der Waals surface area contributed by atoms with Gasteiger partial charge in [-0.2, -0.15) is 18.3 Å². The zero-order valence-electron chi connectivity index (χ0n) is 18.4. The molecule has 0 aliphatic carbocycles. The van der Waals surface area contributed by atoms with Crippen LogP contribution in [0.3, 0.4) is 0 Å². The summed E-state index contributed by atoms with van der Waals surface area (Å²) >= 11 is 0. The summed E-state index contributed by atoms with van der Waals surface area (Å²) in [6, 6.07) is 9.93. The highest BCUT2D eigenvalue weighted by Gasteiger charge is 2.31. The van der Waals surface area contributed by atoms with E-state index in [0.29, 0.717) is 18.4 Å². The number of benzene rings is 1. The zero-order valence-corrected chi connectivity index (χ0v) is 18.4. The maximum atomic E-state index is 12.7. The first kappa shape index (κ1) is 24.0. The molecule has 0 spiro atoms. The summed E-state index contributed by atoms with van der Waals surface area (Å²) in [5.41, 5.74) is 1.67. The number of aromatic nitrogens is 3. The van der Waals surface area contributed by atoms with Gasteiger partial charge in [-0.25, -0.2) is 14.5 Å². The second kappa shape index (κ2) is 9.85. The Kier molecular flexibility index (Phi) is 7.15. The zero-order chi connectivity index (χ0) is 24.2. The van der Waals surface area contributed by atoms with Crippen molar-refractivity contribution in [1.29, 1.82) is 0 Å². The molecule has 33 heavy (non-hydrogen) atoms. The molecular formula is C23H23F3N4O3. The van der Waals surface area contributed by atoms with Crippen LogP contribution in [0.15, 0.2) is 48.8 Å². The van der Waals surface area contributed by atoms with Gasteiger partial charge in [-0.15, -0.1) is 0 Å². The van der Waals surface area contributed by atoms with Crippen LogP contribution in [0.2, 0.25) is 0 Å². The summed E-state index contributed by atoms with van der Waals surface area (Å²) in [6.07, 6.45) is -1.66. The highest BCUT2D eigenvalue weighted by Crippen LogP contribution is 2.28. The molecule has 0 N–H and O–H groups in total. The number of hydrogen-bond donors (Lipinski definition) is 0. The van der Waals surface area contributed by atoms with Crippen molar-refractivity contribution in [3.63, 3.8) is 0 Å². The molecule has 3 aromatic rings. The van der Waals surface area contributed by atoms with Crippen LogP contribution in [-0.2, 0) is 28.7 Å². The molecule has 7 nitrogen and oxygen atoms in total. The largest absolute Gasteiger partial charge is 0.452 e. The van der Waals surface area contributed by atoms with Gasteiger partial charge in [0.1, 0.15) is 5.56 Å². The number of halogens is 3. The van der Waals surface area contributed by atoms with E-state index in [1.165, 1.54) is 21.3 Å². The SMILES string of the molecule is CCc1ccc(CN(C)C(=O)COC(=O)c2cnn(-c3ccc(C(F)(F)F)cn3)c2C)cc1. The summed E-state index contributed by atoms with van der Waals surface area (Å²) in [6.45, 7) is 3.53. The Morgan fingerprint density at radius 2 is 1.73 bits per heavy atom. The van der Waals surface area contributed by atoms with E-state index < -0.39 is 24.3 Å². The van der Waals surface area contributed by atoms with Crippen LogP contribution in [-0.4, -0.2) is 45.2 Å². The van der Waals surface area contributed by atoms with Gasteiger partial charge in [0.15, 0.2) is 12.4 Å². The fraction of sp³-hybridized carbons (Fsp3) is 0.304. The molecule has 174 valence electrons. The first-order valence-electron chi connectivity index (χ1n) is 10.2. The van der Waals surface area contributed by atoms with Crippen LogP contribution in [0.1, 0.15) is 39.7 Å². The van der Waals surface area contributed by atoms with Gasteiger partial charge in [-0.1, -0.05) is 31.2 Å². The molecular weight excluding hydrogens is 437 g/mol. The van der Waals surface area contributed by atoms with E-state index >= 15 is 0 Å². The number of ether oxygens (including phenoxy) is 1. The molecule has 10 heteroatoms. The second-order valence-corrected chi connectivity index (χ2v) is 7.45. The molecule has 0 unspecified atom stereocenters. The lowest BCUT2D eigenvalue weighted by molar-refractivity contribution is -0.137. The monoisotopic (exact) mass is 460 g/mol. The molecule has 0 aliphatic heterocycles. The first-order valence-corrected chi connectivity index (χ1v) is 10.2. The van der Waals surface area contributed by atoms with Crippen LogP contribution < -0.4 is 0 Å². The Balaban J connectivity index is 1.60. The fourth-order valence-corrected chi connectivity index (χ4v) is 3.08. The third kappa shape index (κ3) is 5.76. The lowest BCUT2D eigenvalue weighted by Gasteiger charge is -2.17. The molecule has 0 radical (unpaired) electrons. The van der Waals surface area contributed by atoms with E-state index in [-0.39, 0.29) is 17.3 Å². The van der Waals surface area contributed by atoms with E-state index in [0.717, 1.165) is 24.1 Å². The van der Waals surface area contributed by atoms with Crippen molar-refractivity contribution < 1.29 is 27.5 Å². The van der Waals surface area contributed by atoms with E-state index in [9.17, 15) is 22.8 Å². The minimum Gasteiger partial charge on any atom is -0.452 e. The number of alkyl halides is 3. The molecule has 0 saturated carbocycles. The maximum absolute atomic E-state index is 12.7. The average Bonchev–Trinajstić information content (AvgIpc) is 3.18. The normalized spacial score (nSPS) is 11.3. The molecule has 0 atom stereocenters. The summed E-state index contributed by atoms with van der Waals surface area (Å²) in [4.78, 5) is 30.0. The van der Waals surface area contributed by atoms with Gasteiger partial charge in [-0.05, 0) is 36.6 Å². The fourth-order valence-electron chi connectivity index (χ4n) is 3.08. The van der Waals surface area contributed by atoms with Crippen molar-refractivity contribution in [3.8, 4) is 5.82 Å². The molecule has 3 rings (SSSR count). The highest BCUT2D eigenvalue weighted by atomic mass is 19.4. The van der Waals surface area contributed by atoms with Crippen LogP contribution in [0.5, 0.6) is 0 Å². The van der Waals surface area contributed by atoms with Crippen molar-refractivity contribution in [2.45, 2.75) is 33.0 Å². The van der Waals surface area contributed by atoms with Crippen LogP contribution in [0.4, 0.5) is 13.2 Å². The Labute approximate surface area is 188 Å². The van der Waals surface area contributed by atoms with Gasteiger partial charge < -0.3 is 9.64 Å². The summed E-state index contributed by atoms with van der Waals surface area (Å²) in [5.74, 6) is -1.03. The molecule has 1 aromatic carbocycles. The van der Waals surface area contributed by atoms with Gasteiger partial charge in [0.05, 0.1) is 17.5 Å². The minimum absolute atomic E-state index is 0.0855. The minimum atomic E-state index is -4.50. The Morgan fingerprint density at radius 3 is 2.30 bits per heavy atom. The Morgan fingerprint density at radius 1 is 1.06 bits per heavy atom. The van der Waals surface area contributed by atoms with Crippen molar-refractivity contribution in [1.82, 2.24) is 19.7 Å². The van der Waals surface area contributed by atoms with Crippen molar-refractivity contribution in [2.75, 3.05) is 13.7 Å². The first-order chi connectivity index (χ1) is 15.6. The molecule has 0 saturated heterocycles. The van der Waals surface area contributed by atoms with Crippen LogP contribution in [0.25, 0.3) is 5.82 Å². The van der Waals surface area contributed by atoms with Gasteiger partial charge in [0.2, 0.25) is 0 Å². The maximum Gasteiger partial charge on any atom is 0.417 e. The number of pyridine rings is 1. The highest BCUT2D eigenvalue weighted by molar-refractivity contribution is 5.92. The van der Waals surface area contributed by atoms with Gasteiger partial charge >= 0.3 is 12.1 Å². The summed E-state index contributed by atoms with van der Waals surface area (Å²) in [5, 5.41) is 4.01. The predicted octanol–water partition coefficient (Wildman–Crippen LogP) is 3.97. The molecule has 2 heterocycles. The molecule has 2 aromatic heterocycles. The van der Waals surface area contributed by atoms with Gasteiger partial charge in [0, 0.05) is 19.8 Å². The number of rotatable bonds is 7. The number of carbonyl (C=O) groups is 2. The number of esters is 1. The van der Waals surface area contributed by atoms with Crippen LogP contribution in [0, 0.1) is 6.92 Å². The van der Waals surface area contributed by atoms with Gasteiger partial charge in [-0.3, -0.25) is 4.79 Å². The number of hydrogen-bond acceptors (Lipinski definition) is 5. The molecule has 1 amide bonds. The summed E-state index contributed by atoms with van der Waals surface area (Å²) in [7, 11) is 1.61.